The molecule has 10 heteroatoms. The number of amides is 3. The fourth-order valence-electron chi connectivity index (χ4n) is 3.90. The first kappa shape index (κ1) is 26.9. The summed E-state index contributed by atoms with van der Waals surface area (Å²) in [4.78, 5) is 39.9. The van der Waals surface area contributed by atoms with E-state index in [0.717, 1.165) is 37.0 Å². The molecule has 0 aliphatic heterocycles. The summed E-state index contributed by atoms with van der Waals surface area (Å²) in [5.74, 6) is -1.63. The number of carbonyl (C=O) groups excluding carboxylic acids is 3. The van der Waals surface area contributed by atoms with E-state index in [1.165, 1.54) is 12.1 Å². The monoisotopic (exact) mass is 474 g/mol. The maximum Gasteiger partial charge on any atom is 0.408 e. The van der Waals surface area contributed by atoms with E-state index in [0.29, 0.717) is 0 Å². The molecule has 2 atom stereocenters. The molecule has 0 heterocycles. The number of para-hydroxylation sites is 1. The van der Waals surface area contributed by atoms with Crippen LogP contribution in [0.2, 0.25) is 0 Å². The second-order valence-corrected chi connectivity index (χ2v) is 9.31. The third-order valence-corrected chi connectivity index (χ3v) is 5.44. The van der Waals surface area contributed by atoms with Crippen LogP contribution in [0.25, 0.3) is 0 Å². The summed E-state index contributed by atoms with van der Waals surface area (Å²) in [7, 11) is 0. The van der Waals surface area contributed by atoms with Gasteiger partial charge in [0.05, 0.1) is 12.7 Å². The molecule has 1 saturated carbocycles. The number of aliphatic hydroxyl groups excluding tert-OH is 1. The van der Waals surface area contributed by atoms with Crippen molar-refractivity contribution in [3.8, 4) is 11.8 Å². The van der Waals surface area contributed by atoms with Crippen molar-refractivity contribution < 1.29 is 29.3 Å². The zero-order chi connectivity index (χ0) is 25.3. The second kappa shape index (κ2) is 12.2. The lowest BCUT2D eigenvalue weighted by atomic mass is 9.94. The molecule has 1 aliphatic carbocycles. The summed E-state index contributed by atoms with van der Waals surface area (Å²) in [6, 6.07) is 5.04. The fraction of sp³-hybridized carbons (Fsp3) is 0.583. The van der Waals surface area contributed by atoms with Gasteiger partial charge in [0.25, 0.3) is 0 Å². The standard InChI is InChI=1S/C24H34N4O6/c1-24(2,3)34-23(33)27-18(15-29)22(32)28(14-13-25)20(17-11-7-8-12-19(17)30)21(31)26-16-9-5-4-6-10-16/h7-8,11-12,16,18,20,29-30H,4-6,9-10,14-15H2,1-3H3,(H,26,31)(H,27,33). The van der Waals surface area contributed by atoms with Crippen molar-refractivity contribution in [2.24, 2.45) is 0 Å². The summed E-state index contributed by atoms with van der Waals surface area (Å²) in [5, 5.41) is 34.9. The summed E-state index contributed by atoms with van der Waals surface area (Å²) in [5.41, 5.74) is -0.703. The van der Waals surface area contributed by atoms with Crippen LogP contribution in [0.1, 0.15) is 64.5 Å². The maximum atomic E-state index is 13.4. The molecule has 2 rings (SSSR count). The Kier molecular flexibility index (Phi) is 9.69. The van der Waals surface area contributed by atoms with E-state index in [1.54, 1.807) is 32.9 Å². The van der Waals surface area contributed by atoms with Gasteiger partial charge >= 0.3 is 6.09 Å². The Morgan fingerprint density at radius 1 is 1.21 bits per heavy atom. The molecule has 0 saturated heterocycles. The molecule has 1 aliphatic rings. The lowest BCUT2D eigenvalue weighted by Crippen LogP contribution is -2.55. The molecule has 0 spiro atoms. The molecule has 1 fully saturated rings. The number of aromatic hydroxyl groups is 1. The van der Waals surface area contributed by atoms with Gasteiger partial charge in [0.1, 0.15) is 30.0 Å². The third-order valence-electron chi connectivity index (χ3n) is 5.44. The van der Waals surface area contributed by atoms with Gasteiger partial charge in [-0.05, 0) is 39.7 Å². The molecule has 10 nitrogen and oxygen atoms in total. The summed E-state index contributed by atoms with van der Waals surface area (Å²) >= 11 is 0. The van der Waals surface area contributed by atoms with Gasteiger partial charge in [-0.15, -0.1) is 0 Å². The van der Waals surface area contributed by atoms with Crippen molar-refractivity contribution in [2.75, 3.05) is 13.2 Å². The van der Waals surface area contributed by atoms with Gasteiger partial charge in [-0.1, -0.05) is 37.5 Å². The van der Waals surface area contributed by atoms with Crippen molar-refractivity contribution in [1.82, 2.24) is 15.5 Å². The molecule has 1 aromatic carbocycles. The highest BCUT2D eigenvalue weighted by Gasteiger charge is 2.38. The van der Waals surface area contributed by atoms with Gasteiger partial charge < -0.3 is 30.5 Å². The first-order valence-electron chi connectivity index (χ1n) is 11.4. The van der Waals surface area contributed by atoms with Crippen molar-refractivity contribution in [3.05, 3.63) is 29.8 Å². The van der Waals surface area contributed by atoms with E-state index < -0.39 is 48.7 Å². The van der Waals surface area contributed by atoms with Crippen LogP contribution in [0.15, 0.2) is 24.3 Å². The number of alkyl carbamates (subject to hydrolysis) is 1. The van der Waals surface area contributed by atoms with E-state index in [4.69, 9.17) is 4.74 Å². The molecule has 186 valence electrons. The second-order valence-electron chi connectivity index (χ2n) is 9.31. The van der Waals surface area contributed by atoms with Crippen molar-refractivity contribution >= 4 is 17.9 Å². The molecular weight excluding hydrogens is 440 g/mol. The van der Waals surface area contributed by atoms with Gasteiger partial charge in [-0.25, -0.2) is 4.79 Å². The van der Waals surface area contributed by atoms with Gasteiger partial charge in [0.15, 0.2) is 0 Å². The van der Waals surface area contributed by atoms with Crippen LogP contribution in [-0.4, -0.2) is 63.9 Å². The summed E-state index contributed by atoms with van der Waals surface area (Å²) < 4.78 is 5.16. The number of aliphatic hydroxyl groups is 1. The van der Waals surface area contributed by atoms with Gasteiger partial charge in [-0.2, -0.15) is 5.26 Å². The lowest BCUT2D eigenvalue weighted by Gasteiger charge is -2.34. The van der Waals surface area contributed by atoms with E-state index in [-0.39, 0.29) is 17.4 Å². The summed E-state index contributed by atoms with van der Waals surface area (Å²) in [6.45, 7) is 3.65. The molecular formula is C24H34N4O6. The smallest absolute Gasteiger partial charge is 0.408 e. The van der Waals surface area contributed by atoms with Crippen LogP contribution in [0.4, 0.5) is 4.79 Å². The molecule has 3 amide bonds. The van der Waals surface area contributed by atoms with Crippen LogP contribution in [0, 0.1) is 11.3 Å². The molecule has 4 N–H and O–H groups in total. The molecule has 34 heavy (non-hydrogen) atoms. The predicted octanol–water partition coefficient (Wildman–Crippen LogP) is 2.12. The van der Waals surface area contributed by atoms with Crippen LogP contribution in [0.3, 0.4) is 0 Å². The molecule has 0 bridgehead atoms. The van der Waals surface area contributed by atoms with Crippen molar-refractivity contribution in [2.45, 2.75) is 76.6 Å². The number of carbonyl (C=O) groups is 3. The number of nitrogens with zero attached hydrogens (tertiary/aromatic N) is 2. The highest BCUT2D eigenvalue weighted by Crippen LogP contribution is 2.30. The highest BCUT2D eigenvalue weighted by molar-refractivity contribution is 5.92. The minimum absolute atomic E-state index is 0.0813. The normalized spacial score (nSPS) is 16.0. The first-order chi connectivity index (χ1) is 16.1. The quantitative estimate of drug-likeness (QED) is 0.421. The average Bonchev–Trinajstić information content (AvgIpc) is 2.77. The number of ether oxygens (including phenoxy) is 1. The Labute approximate surface area is 199 Å². The zero-order valence-corrected chi connectivity index (χ0v) is 19.9. The van der Waals surface area contributed by atoms with Crippen LogP contribution in [0.5, 0.6) is 5.75 Å². The number of rotatable bonds is 8. The minimum atomic E-state index is -1.46. The molecule has 1 aromatic rings. The van der Waals surface area contributed by atoms with E-state index in [2.05, 4.69) is 10.6 Å². The molecule has 2 unspecified atom stereocenters. The van der Waals surface area contributed by atoms with Gasteiger partial charge in [-0.3, -0.25) is 9.59 Å². The molecule has 0 radical (unpaired) electrons. The third kappa shape index (κ3) is 7.63. The summed E-state index contributed by atoms with van der Waals surface area (Å²) in [6.07, 6.45) is 3.69. The van der Waals surface area contributed by atoms with Crippen LogP contribution >= 0.6 is 0 Å². The number of nitrogens with one attached hydrogen (secondary N) is 2. The first-order valence-corrected chi connectivity index (χ1v) is 11.4. The maximum absolute atomic E-state index is 13.4. The number of hydrogen-bond donors (Lipinski definition) is 4. The predicted molar refractivity (Wildman–Crippen MR) is 123 cm³/mol. The van der Waals surface area contributed by atoms with E-state index in [9.17, 15) is 29.9 Å². The fourth-order valence-corrected chi connectivity index (χ4v) is 3.90. The van der Waals surface area contributed by atoms with E-state index in [1.807, 2.05) is 6.07 Å². The minimum Gasteiger partial charge on any atom is -0.508 e. The number of hydrogen-bond acceptors (Lipinski definition) is 7. The number of phenols is 1. The largest absolute Gasteiger partial charge is 0.508 e. The topological polar surface area (TPSA) is 152 Å². The van der Waals surface area contributed by atoms with Crippen molar-refractivity contribution in [1.29, 1.82) is 5.26 Å². The van der Waals surface area contributed by atoms with Crippen LogP contribution < -0.4 is 10.6 Å². The Balaban J connectivity index is 2.37. The lowest BCUT2D eigenvalue weighted by molar-refractivity contribution is -0.142. The Bertz CT molecular complexity index is 901. The number of phenolic OH excluding ortho intramolecular Hbond substituents is 1. The Hall–Kier alpha value is -3.32. The van der Waals surface area contributed by atoms with Gasteiger partial charge in [0, 0.05) is 11.6 Å². The highest BCUT2D eigenvalue weighted by atomic mass is 16.6. The molecule has 0 aromatic heterocycles. The number of nitriles is 1. The average molecular weight is 475 g/mol. The Morgan fingerprint density at radius 3 is 2.41 bits per heavy atom. The Morgan fingerprint density at radius 2 is 1.85 bits per heavy atom. The van der Waals surface area contributed by atoms with E-state index >= 15 is 0 Å². The van der Waals surface area contributed by atoms with Crippen LogP contribution in [-0.2, 0) is 14.3 Å². The van der Waals surface area contributed by atoms with Crippen molar-refractivity contribution in [3.63, 3.8) is 0 Å². The SMILES string of the molecule is CC(C)(C)OC(=O)NC(CO)C(=O)N(CC#N)C(C(=O)NC1CCCCC1)c1ccccc1O. The van der Waals surface area contributed by atoms with Gasteiger partial charge in [0.2, 0.25) is 11.8 Å². The zero-order valence-electron chi connectivity index (χ0n) is 19.9. The number of benzene rings is 1.